The van der Waals surface area contributed by atoms with Crippen LogP contribution in [0.1, 0.15) is 11.1 Å². The zero-order valence-electron chi connectivity index (χ0n) is 10.1. The highest BCUT2D eigenvalue weighted by molar-refractivity contribution is 7.88. The zero-order valence-corrected chi connectivity index (χ0v) is 10.9. The van der Waals surface area contributed by atoms with E-state index in [0.29, 0.717) is 11.1 Å². The van der Waals surface area contributed by atoms with Crippen molar-refractivity contribution < 1.29 is 18.6 Å². The van der Waals surface area contributed by atoms with E-state index < -0.39 is 22.2 Å². The fraction of sp³-hybridized carbons (Fsp3) is 0.417. The monoisotopic (exact) mass is 282 g/mol. The van der Waals surface area contributed by atoms with Gasteiger partial charge < -0.3 is 10.2 Å². The molecule has 0 aromatic heterocycles. The molecule has 0 saturated carbocycles. The van der Waals surface area contributed by atoms with Gasteiger partial charge in [-0.3, -0.25) is 0 Å². The first-order valence-corrected chi connectivity index (χ1v) is 7.37. The quantitative estimate of drug-likeness (QED) is 0.772. The van der Waals surface area contributed by atoms with Crippen LogP contribution in [-0.4, -0.2) is 48.2 Å². The van der Waals surface area contributed by atoms with Crippen molar-refractivity contribution in [2.45, 2.75) is 18.0 Å². The number of β-amino-alcohol motifs (C(OH)–C–C–N with tert-alkyl or cyclic N) is 2. The van der Waals surface area contributed by atoms with Crippen LogP contribution in [0.4, 0.5) is 0 Å². The van der Waals surface area contributed by atoms with Crippen molar-refractivity contribution in [3.8, 4) is 6.07 Å². The summed E-state index contributed by atoms with van der Waals surface area (Å²) in [7, 11) is -3.65. The van der Waals surface area contributed by atoms with E-state index in [4.69, 9.17) is 5.26 Å². The van der Waals surface area contributed by atoms with Gasteiger partial charge in [0.1, 0.15) is 0 Å². The van der Waals surface area contributed by atoms with Crippen LogP contribution in [-0.2, 0) is 15.8 Å². The average molecular weight is 282 g/mol. The maximum absolute atomic E-state index is 12.2. The molecule has 6 nitrogen and oxygen atoms in total. The van der Waals surface area contributed by atoms with E-state index in [1.54, 1.807) is 24.3 Å². The number of aliphatic hydroxyl groups excluding tert-OH is 2. The third kappa shape index (κ3) is 2.93. The Balaban J connectivity index is 2.21. The molecule has 2 atom stereocenters. The lowest BCUT2D eigenvalue weighted by atomic mass is 10.1. The minimum atomic E-state index is -3.65. The first-order valence-electron chi connectivity index (χ1n) is 5.76. The van der Waals surface area contributed by atoms with Crippen LogP contribution in [0.25, 0.3) is 0 Å². The average Bonchev–Trinajstić information content (AvgIpc) is 2.71. The van der Waals surface area contributed by atoms with Gasteiger partial charge in [-0.15, -0.1) is 0 Å². The summed E-state index contributed by atoms with van der Waals surface area (Å²) in [5.41, 5.74) is 0.729. The molecule has 1 aromatic carbocycles. The summed E-state index contributed by atoms with van der Waals surface area (Å²) in [6.07, 6.45) is -2.11. The van der Waals surface area contributed by atoms with Gasteiger partial charge in [0.2, 0.25) is 10.0 Å². The predicted molar refractivity (Wildman–Crippen MR) is 67.4 cm³/mol. The summed E-state index contributed by atoms with van der Waals surface area (Å²) in [6, 6.07) is 8.41. The fourth-order valence-electron chi connectivity index (χ4n) is 2.01. The zero-order chi connectivity index (χ0) is 14.0. The lowest BCUT2D eigenvalue weighted by Gasteiger charge is -2.15. The predicted octanol–water partition coefficient (Wildman–Crippen LogP) is -0.575. The number of benzene rings is 1. The summed E-state index contributed by atoms with van der Waals surface area (Å²) >= 11 is 0. The van der Waals surface area contributed by atoms with Gasteiger partial charge in [-0.1, -0.05) is 18.2 Å². The Kier molecular flexibility index (Phi) is 3.87. The van der Waals surface area contributed by atoms with Crippen molar-refractivity contribution in [3.05, 3.63) is 35.4 Å². The Labute approximate surface area is 111 Å². The van der Waals surface area contributed by atoms with Gasteiger partial charge in [0.05, 0.1) is 29.6 Å². The molecule has 0 spiro atoms. The molecule has 102 valence electrons. The lowest BCUT2D eigenvalue weighted by molar-refractivity contribution is 0.0572. The van der Waals surface area contributed by atoms with Crippen LogP contribution in [0.3, 0.4) is 0 Å². The van der Waals surface area contributed by atoms with E-state index in [1.807, 2.05) is 6.07 Å². The third-order valence-corrected chi connectivity index (χ3v) is 4.86. The molecule has 1 aromatic rings. The maximum atomic E-state index is 12.2. The smallest absolute Gasteiger partial charge is 0.218 e. The Bertz CT molecular complexity index is 598. The molecule has 1 fully saturated rings. The van der Waals surface area contributed by atoms with E-state index in [9.17, 15) is 18.6 Å². The van der Waals surface area contributed by atoms with E-state index in [2.05, 4.69) is 0 Å². The van der Waals surface area contributed by atoms with Gasteiger partial charge in [0.25, 0.3) is 0 Å². The molecule has 2 N–H and O–H groups in total. The summed E-state index contributed by atoms with van der Waals surface area (Å²) in [5, 5.41) is 27.7. The van der Waals surface area contributed by atoms with Crippen LogP contribution in [0.15, 0.2) is 24.3 Å². The summed E-state index contributed by atoms with van der Waals surface area (Å²) < 4.78 is 25.4. The minimum Gasteiger partial charge on any atom is -0.389 e. The second-order valence-corrected chi connectivity index (χ2v) is 6.45. The van der Waals surface area contributed by atoms with Crippen molar-refractivity contribution in [2.75, 3.05) is 13.1 Å². The molecule has 1 aliphatic rings. The third-order valence-electron chi connectivity index (χ3n) is 3.09. The molecule has 1 saturated heterocycles. The van der Waals surface area contributed by atoms with Crippen molar-refractivity contribution in [3.63, 3.8) is 0 Å². The van der Waals surface area contributed by atoms with Crippen molar-refractivity contribution in [2.24, 2.45) is 0 Å². The van der Waals surface area contributed by atoms with Gasteiger partial charge >= 0.3 is 0 Å². The highest BCUT2D eigenvalue weighted by Crippen LogP contribution is 2.19. The molecular formula is C12H14N2O4S. The van der Waals surface area contributed by atoms with Crippen molar-refractivity contribution in [1.29, 1.82) is 5.26 Å². The second-order valence-electron chi connectivity index (χ2n) is 4.48. The van der Waals surface area contributed by atoms with E-state index in [-0.39, 0.29) is 18.8 Å². The number of sulfonamides is 1. The Hall–Kier alpha value is -1.46. The topological polar surface area (TPSA) is 102 Å². The number of hydrogen-bond acceptors (Lipinski definition) is 5. The number of nitriles is 1. The molecule has 2 rings (SSSR count). The lowest BCUT2D eigenvalue weighted by Crippen LogP contribution is -2.31. The molecule has 2 unspecified atom stereocenters. The molecule has 1 aliphatic heterocycles. The van der Waals surface area contributed by atoms with Gasteiger partial charge in [0.15, 0.2) is 0 Å². The number of hydrogen-bond donors (Lipinski definition) is 2. The molecule has 0 aliphatic carbocycles. The normalized spacial score (nSPS) is 24.3. The molecule has 19 heavy (non-hydrogen) atoms. The fourth-order valence-corrected chi connectivity index (χ4v) is 3.59. The minimum absolute atomic E-state index is 0.113. The molecule has 1 heterocycles. The molecule has 0 radical (unpaired) electrons. The van der Waals surface area contributed by atoms with Gasteiger partial charge in [-0.25, -0.2) is 8.42 Å². The molecular weight excluding hydrogens is 268 g/mol. The van der Waals surface area contributed by atoms with Crippen LogP contribution >= 0.6 is 0 Å². The van der Waals surface area contributed by atoms with Crippen LogP contribution in [0.5, 0.6) is 0 Å². The highest BCUT2D eigenvalue weighted by atomic mass is 32.2. The number of nitrogens with zero attached hydrogens (tertiary/aromatic N) is 2. The summed E-state index contributed by atoms with van der Waals surface area (Å²) in [4.78, 5) is 0. The van der Waals surface area contributed by atoms with Gasteiger partial charge in [0, 0.05) is 13.1 Å². The molecule has 7 heteroatoms. The highest BCUT2D eigenvalue weighted by Gasteiger charge is 2.36. The Morgan fingerprint density at radius 1 is 1.26 bits per heavy atom. The van der Waals surface area contributed by atoms with Crippen LogP contribution in [0, 0.1) is 11.3 Å². The van der Waals surface area contributed by atoms with E-state index in [1.165, 1.54) is 0 Å². The van der Waals surface area contributed by atoms with Crippen LogP contribution < -0.4 is 0 Å². The summed E-state index contributed by atoms with van der Waals surface area (Å²) in [5.74, 6) is -0.309. The van der Waals surface area contributed by atoms with Crippen molar-refractivity contribution in [1.82, 2.24) is 4.31 Å². The largest absolute Gasteiger partial charge is 0.389 e. The first kappa shape index (κ1) is 14.0. The number of aliphatic hydroxyl groups is 2. The van der Waals surface area contributed by atoms with E-state index in [0.717, 1.165) is 4.31 Å². The number of rotatable bonds is 3. The van der Waals surface area contributed by atoms with Crippen molar-refractivity contribution >= 4 is 10.0 Å². The van der Waals surface area contributed by atoms with Crippen LogP contribution in [0.2, 0.25) is 0 Å². The molecule has 0 amide bonds. The molecule has 0 bridgehead atoms. The first-order chi connectivity index (χ1) is 8.94. The maximum Gasteiger partial charge on any atom is 0.218 e. The summed E-state index contributed by atoms with van der Waals surface area (Å²) in [6.45, 7) is -0.226. The Morgan fingerprint density at radius 2 is 1.84 bits per heavy atom. The second kappa shape index (κ2) is 5.27. The van der Waals surface area contributed by atoms with Gasteiger partial charge in [-0.05, 0) is 11.6 Å². The van der Waals surface area contributed by atoms with E-state index >= 15 is 0 Å². The standard InChI is InChI=1S/C12H14N2O4S/c13-5-9-3-1-2-4-10(9)8-19(17,18)14-6-11(15)12(16)7-14/h1-4,11-12,15-16H,6-8H2. The van der Waals surface area contributed by atoms with Gasteiger partial charge in [-0.2, -0.15) is 9.57 Å². The SMILES string of the molecule is N#Cc1ccccc1CS(=O)(=O)N1CC(O)C(O)C1. The Morgan fingerprint density at radius 3 is 2.42 bits per heavy atom.